The largest absolute Gasteiger partial charge is 0.469 e. The van der Waals surface area contributed by atoms with E-state index >= 15 is 0 Å². The van der Waals surface area contributed by atoms with Crippen LogP contribution in [0.25, 0.3) is 0 Å². The van der Waals surface area contributed by atoms with Gasteiger partial charge in [-0.1, -0.05) is 19.9 Å². The molecule has 0 unspecified atom stereocenters. The van der Waals surface area contributed by atoms with Gasteiger partial charge in [0.05, 0.1) is 23.7 Å². The zero-order valence-corrected chi connectivity index (χ0v) is 16.1. The van der Waals surface area contributed by atoms with Crippen molar-refractivity contribution in [2.45, 2.75) is 76.4 Å². The molecule has 1 spiro atoms. The Morgan fingerprint density at radius 1 is 1.19 bits per heavy atom. The van der Waals surface area contributed by atoms with E-state index in [1.54, 1.807) is 0 Å². The SMILES string of the molecule is C=C1C(=O)O[C@@]23CC[C@H]4[C@@](C)(CCC[C@@]4(C)C(=O)OC)[C@@H]2CC[C@@]1(O)C3. The molecule has 4 fully saturated rings. The van der Waals surface area contributed by atoms with Gasteiger partial charge in [0.25, 0.3) is 0 Å². The minimum absolute atomic E-state index is 0.0975. The Morgan fingerprint density at radius 3 is 2.58 bits per heavy atom. The van der Waals surface area contributed by atoms with Crippen LogP contribution < -0.4 is 0 Å². The minimum Gasteiger partial charge on any atom is -0.469 e. The lowest BCUT2D eigenvalue weighted by Crippen LogP contribution is -2.68. The molecule has 0 amide bonds. The summed E-state index contributed by atoms with van der Waals surface area (Å²) in [5.74, 6) is -0.194. The van der Waals surface area contributed by atoms with Gasteiger partial charge in [-0.05, 0) is 56.8 Å². The van der Waals surface area contributed by atoms with E-state index in [0.717, 1.165) is 32.1 Å². The molecule has 1 heterocycles. The molecule has 1 N–H and O–H groups in total. The standard InChI is InChI=1S/C21H30O5/c1-13-16(22)26-21-11-7-14-18(2,15(21)6-10-20(13,24)12-21)8-5-9-19(14,3)17(23)25-4/h14-15,24H,1,5-12H2,2-4H3/t14-,15-,18+,19+,20+,21+/m0/s1. The zero-order valence-electron chi connectivity index (χ0n) is 16.1. The molecule has 4 rings (SSSR count). The smallest absolute Gasteiger partial charge is 0.336 e. The van der Waals surface area contributed by atoms with Gasteiger partial charge in [-0.15, -0.1) is 0 Å². The zero-order chi connectivity index (χ0) is 19.0. The van der Waals surface area contributed by atoms with Gasteiger partial charge in [-0.25, -0.2) is 4.79 Å². The number of carbonyl (C=O) groups is 2. The number of fused-ring (bicyclic) bond motifs is 3. The molecule has 2 bridgehead atoms. The van der Waals surface area contributed by atoms with Gasteiger partial charge < -0.3 is 14.6 Å². The summed E-state index contributed by atoms with van der Waals surface area (Å²) < 4.78 is 11.2. The quantitative estimate of drug-likeness (QED) is 0.573. The van der Waals surface area contributed by atoms with Gasteiger partial charge in [0.1, 0.15) is 5.60 Å². The normalized spacial score (nSPS) is 50.3. The number of hydrogen-bond donors (Lipinski definition) is 1. The average molecular weight is 362 g/mol. The molecule has 3 aliphatic carbocycles. The van der Waals surface area contributed by atoms with Gasteiger partial charge >= 0.3 is 11.9 Å². The lowest BCUT2D eigenvalue weighted by Gasteiger charge is -2.66. The Hall–Kier alpha value is -1.36. The van der Waals surface area contributed by atoms with Gasteiger partial charge in [0.2, 0.25) is 0 Å². The summed E-state index contributed by atoms with van der Waals surface area (Å²) in [5.41, 5.74) is -2.13. The third-order valence-electron chi connectivity index (χ3n) is 8.46. The number of esters is 2. The first-order chi connectivity index (χ1) is 12.1. The average Bonchev–Trinajstić information content (AvgIpc) is 2.58. The van der Waals surface area contributed by atoms with E-state index in [9.17, 15) is 14.7 Å². The second kappa shape index (κ2) is 5.34. The highest BCUT2D eigenvalue weighted by molar-refractivity contribution is 5.91. The lowest BCUT2D eigenvalue weighted by molar-refractivity contribution is -0.248. The van der Waals surface area contributed by atoms with Crippen LogP contribution in [-0.4, -0.2) is 35.4 Å². The highest BCUT2D eigenvalue weighted by Crippen LogP contribution is 2.68. The molecule has 0 aromatic heterocycles. The first-order valence-corrected chi connectivity index (χ1v) is 9.85. The van der Waals surface area contributed by atoms with Crippen molar-refractivity contribution in [3.8, 4) is 0 Å². The second-order valence-electron chi connectivity index (χ2n) is 9.59. The Morgan fingerprint density at radius 2 is 1.88 bits per heavy atom. The molecule has 5 heteroatoms. The topological polar surface area (TPSA) is 72.8 Å². The Balaban J connectivity index is 1.75. The third-order valence-corrected chi connectivity index (χ3v) is 8.46. The number of aliphatic hydroxyl groups is 1. The molecule has 0 aromatic rings. The van der Waals surface area contributed by atoms with E-state index in [0.29, 0.717) is 19.3 Å². The molecule has 0 radical (unpaired) electrons. The molecule has 4 aliphatic rings. The molecule has 6 atom stereocenters. The Bertz CT molecular complexity index is 686. The van der Waals surface area contributed by atoms with E-state index in [4.69, 9.17) is 9.47 Å². The first-order valence-electron chi connectivity index (χ1n) is 9.85. The van der Waals surface area contributed by atoms with Crippen molar-refractivity contribution in [2.75, 3.05) is 7.11 Å². The molecular weight excluding hydrogens is 332 g/mol. The van der Waals surface area contributed by atoms with E-state index in [2.05, 4.69) is 13.5 Å². The Kier molecular flexibility index (Phi) is 3.70. The third kappa shape index (κ3) is 2.07. The van der Waals surface area contributed by atoms with Crippen LogP contribution in [0.4, 0.5) is 0 Å². The summed E-state index contributed by atoms with van der Waals surface area (Å²) in [7, 11) is 1.47. The predicted molar refractivity (Wildman–Crippen MR) is 95.1 cm³/mol. The molecular formula is C21H30O5. The molecule has 0 aromatic carbocycles. The first kappa shape index (κ1) is 18.0. The van der Waals surface area contributed by atoms with Crippen LogP contribution in [0, 0.1) is 22.7 Å². The monoisotopic (exact) mass is 362 g/mol. The predicted octanol–water partition coefficient (Wildman–Crippen LogP) is 3.15. The van der Waals surface area contributed by atoms with Crippen molar-refractivity contribution in [1.82, 2.24) is 0 Å². The summed E-state index contributed by atoms with van der Waals surface area (Å²) in [4.78, 5) is 25.1. The summed E-state index contributed by atoms with van der Waals surface area (Å²) >= 11 is 0. The summed E-state index contributed by atoms with van der Waals surface area (Å²) in [6, 6.07) is 0. The number of carbonyl (C=O) groups excluding carboxylic acids is 2. The fourth-order valence-corrected chi connectivity index (χ4v) is 7.24. The van der Waals surface area contributed by atoms with Crippen LogP contribution in [0.15, 0.2) is 12.2 Å². The highest BCUT2D eigenvalue weighted by atomic mass is 16.6. The second-order valence-corrected chi connectivity index (χ2v) is 9.59. The van der Waals surface area contributed by atoms with Crippen LogP contribution in [0.5, 0.6) is 0 Å². The maximum Gasteiger partial charge on any atom is 0.336 e. The van der Waals surface area contributed by atoms with E-state index in [-0.39, 0.29) is 28.8 Å². The number of hydrogen-bond acceptors (Lipinski definition) is 5. The molecule has 5 nitrogen and oxygen atoms in total. The van der Waals surface area contributed by atoms with Crippen molar-refractivity contribution in [3.63, 3.8) is 0 Å². The van der Waals surface area contributed by atoms with Gasteiger partial charge in [0.15, 0.2) is 0 Å². The maximum absolute atomic E-state index is 12.6. The van der Waals surface area contributed by atoms with E-state index in [1.807, 2.05) is 6.92 Å². The van der Waals surface area contributed by atoms with Crippen LogP contribution in [0.2, 0.25) is 0 Å². The highest BCUT2D eigenvalue weighted by Gasteiger charge is 2.68. The fourth-order valence-electron chi connectivity index (χ4n) is 7.24. The molecule has 144 valence electrons. The Labute approximate surface area is 155 Å². The van der Waals surface area contributed by atoms with Crippen molar-refractivity contribution < 1.29 is 24.2 Å². The van der Waals surface area contributed by atoms with Crippen molar-refractivity contribution in [1.29, 1.82) is 0 Å². The number of ether oxygens (including phenoxy) is 2. The van der Waals surface area contributed by atoms with Crippen LogP contribution in [-0.2, 0) is 19.1 Å². The van der Waals surface area contributed by atoms with Crippen LogP contribution >= 0.6 is 0 Å². The van der Waals surface area contributed by atoms with Gasteiger partial charge in [0, 0.05) is 12.3 Å². The van der Waals surface area contributed by atoms with Crippen LogP contribution in [0.3, 0.4) is 0 Å². The van der Waals surface area contributed by atoms with E-state index < -0.39 is 22.6 Å². The van der Waals surface area contributed by atoms with Gasteiger partial charge in [-0.2, -0.15) is 0 Å². The maximum atomic E-state index is 12.6. The van der Waals surface area contributed by atoms with Crippen molar-refractivity contribution in [3.05, 3.63) is 12.2 Å². The number of rotatable bonds is 1. The molecule has 1 aliphatic heterocycles. The van der Waals surface area contributed by atoms with Gasteiger partial charge in [-0.3, -0.25) is 4.79 Å². The summed E-state index contributed by atoms with van der Waals surface area (Å²) in [5, 5.41) is 11.0. The minimum atomic E-state index is -1.13. The van der Waals surface area contributed by atoms with Crippen molar-refractivity contribution in [2.24, 2.45) is 22.7 Å². The van der Waals surface area contributed by atoms with Crippen molar-refractivity contribution >= 4 is 11.9 Å². The number of methoxy groups -OCH3 is 1. The fraction of sp³-hybridized carbons (Fsp3) is 0.810. The summed E-state index contributed by atoms with van der Waals surface area (Å²) in [6.07, 6.45) is 6.15. The summed E-state index contributed by atoms with van der Waals surface area (Å²) in [6.45, 7) is 8.11. The van der Waals surface area contributed by atoms with Crippen LogP contribution in [0.1, 0.15) is 65.2 Å². The molecule has 1 saturated heterocycles. The van der Waals surface area contributed by atoms with E-state index in [1.165, 1.54) is 7.11 Å². The molecule has 26 heavy (non-hydrogen) atoms. The molecule has 3 saturated carbocycles. The lowest BCUT2D eigenvalue weighted by atomic mass is 9.42.